The average molecular weight is 456 g/mol. The molecule has 2 aromatic carbocycles. The first-order chi connectivity index (χ1) is 15.9. The van der Waals surface area contributed by atoms with E-state index in [1.54, 1.807) is 0 Å². The van der Waals surface area contributed by atoms with Crippen molar-refractivity contribution in [2.24, 2.45) is 11.7 Å². The number of aliphatic hydroxyl groups is 1. The highest BCUT2D eigenvalue weighted by Crippen LogP contribution is 2.24. The van der Waals surface area contributed by atoms with Gasteiger partial charge in [-0.25, -0.2) is 8.78 Å². The summed E-state index contributed by atoms with van der Waals surface area (Å²) in [5, 5.41) is 16.0. The number of aliphatic hydroxyl groups excluding tert-OH is 1. The molecule has 174 valence electrons. The fourth-order valence-electron chi connectivity index (χ4n) is 3.95. The van der Waals surface area contributed by atoms with Crippen molar-refractivity contribution >= 4 is 5.91 Å². The number of nitrogens with two attached hydrogens (primary N) is 1. The van der Waals surface area contributed by atoms with E-state index in [1.165, 1.54) is 12.1 Å². The molecule has 0 spiro atoms. The summed E-state index contributed by atoms with van der Waals surface area (Å²) in [4.78, 5) is 14.8. The van der Waals surface area contributed by atoms with Gasteiger partial charge in [-0.1, -0.05) is 29.4 Å². The molecule has 1 fully saturated rings. The van der Waals surface area contributed by atoms with Gasteiger partial charge in [0.25, 0.3) is 5.91 Å². The van der Waals surface area contributed by atoms with Crippen LogP contribution in [0.1, 0.15) is 40.7 Å². The lowest BCUT2D eigenvalue weighted by Gasteiger charge is -2.32. The van der Waals surface area contributed by atoms with Crippen LogP contribution in [0.15, 0.2) is 53.1 Å². The number of aromatic nitrogens is 1. The lowest BCUT2D eigenvalue weighted by molar-refractivity contribution is 0.0926. The summed E-state index contributed by atoms with van der Waals surface area (Å²) in [7, 11) is 0. The molecule has 1 atom stereocenters. The van der Waals surface area contributed by atoms with E-state index in [2.05, 4.69) is 15.4 Å². The maximum atomic E-state index is 13.9. The molecule has 1 aliphatic heterocycles. The largest absolute Gasteiger partial charge is 0.375 e. The van der Waals surface area contributed by atoms with Gasteiger partial charge in [0.05, 0.1) is 5.56 Å². The van der Waals surface area contributed by atoms with E-state index in [-0.39, 0.29) is 17.0 Å². The summed E-state index contributed by atoms with van der Waals surface area (Å²) < 4.78 is 32.1. The number of rotatable bonds is 7. The zero-order valence-electron chi connectivity index (χ0n) is 18.0. The molecule has 1 aliphatic rings. The predicted molar refractivity (Wildman–Crippen MR) is 118 cm³/mol. The third kappa shape index (κ3) is 5.81. The second-order valence-corrected chi connectivity index (χ2v) is 8.32. The van der Waals surface area contributed by atoms with E-state index in [4.69, 9.17) is 10.3 Å². The minimum absolute atomic E-state index is 0.0455. The van der Waals surface area contributed by atoms with Gasteiger partial charge in [-0.15, -0.1) is 0 Å². The van der Waals surface area contributed by atoms with Crippen LogP contribution in [-0.2, 0) is 6.54 Å². The number of hydrogen-bond acceptors (Lipinski definition) is 6. The van der Waals surface area contributed by atoms with Gasteiger partial charge < -0.3 is 20.7 Å². The summed E-state index contributed by atoms with van der Waals surface area (Å²) in [5.74, 6) is -1.44. The van der Waals surface area contributed by atoms with Crippen molar-refractivity contribution in [1.82, 2.24) is 15.4 Å². The Hall–Kier alpha value is -3.14. The average Bonchev–Trinajstić information content (AvgIpc) is 3.29. The molecule has 0 radical (unpaired) electrons. The molecular weight excluding hydrogens is 430 g/mol. The highest BCUT2D eigenvalue weighted by molar-refractivity contribution is 5.93. The number of likely N-dealkylation sites (tertiary alicyclic amines) is 1. The van der Waals surface area contributed by atoms with Crippen LogP contribution in [0.5, 0.6) is 0 Å². The fourth-order valence-corrected chi connectivity index (χ4v) is 3.95. The Kier molecular flexibility index (Phi) is 7.12. The Bertz CT molecular complexity index is 1090. The van der Waals surface area contributed by atoms with Gasteiger partial charge in [-0.05, 0) is 55.1 Å². The van der Waals surface area contributed by atoms with Crippen molar-refractivity contribution in [2.75, 3.05) is 19.6 Å². The number of hydrogen-bond donors (Lipinski definition) is 3. The lowest BCUT2D eigenvalue weighted by atomic mass is 9.96. The first-order valence-electron chi connectivity index (χ1n) is 10.8. The maximum Gasteiger partial charge on any atom is 0.273 e. The Morgan fingerprint density at radius 3 is 2.58 bits per heavy atom. The van der Waals surface area contributed by atoms with Gasteiger partial charge in [0.1, 0.15) is 17.9 Å². The third-order valence-corrected chi connectivity index (χ3v) is 5.93. The molecule has 1 amide bonds. The predicted octanol–water partition coefficient (Wildman–Crippen LogP) is 3.21. The van der Waals surface area contributed by atoms with Gasteiger partial charge in [0.2, 0.25) is 0 Å². The number of halogens is 2. The van der Waals surface area contributed by atoms with Gasteiger partial charge in [0, 0.05) is 25.2 Å². The van der Waals surface area contributed by atoms with Crippen molar-refractivity contribution < 1.29 is 23.2 Å². The number of carbonyl (C=O) groups excluding carboxylic acids is 1. The molecule has 0 bridgehead atoms. The Morgan fingerprint density at radius 1 is 1.18 bits per heavy atom. The van der Waals surface area contributed by atoms with Gasteiger partial charge in [-0.3, -0.25) is 9.69 Å². The first-order valence-corrected chi connectivity index (χ1v) is 10.8. The SMILES string of the molecule is N[C@H](O)c1ccc(CN2CCC(CNC(=O)c3cc(-c4ccc(F)cc4F)on3)CC2)cc1. The molecule has 33 heavy (non-hydrogen) atoms. The summed E-state index contributed by atoms with van der Waals surface area (Å²) in [6.07, 6.45) is 0.938. The van der Waals surface area contributed by atoms with Crippen molar-refractivity contribution in [1.29, 1.82) is 0 Å². The van der Waals surface area contributed by atoms with E-state index in [1.807, 2.05) is 24.3 Å². The molecule has 1 aromatic heterocycles. The molecule has 0 saturated carbocycles. The Labute approximate surface area is 190 Å². The molecule has 3 aromatic rings. The quantitative estimate of drug-likeness (QED) is 0.472. The van der Waals surface area contributed by atoms with Crippen molar-refractivity contribution in [2.45, 2.75) is 25.6 Å². The van der Waals surface area contributed by atoms with E-state index < -0.39 is 23.8 Å². The molecule has 0 aliphatic carbocycles. The Balaban J connectivity index is 1.23. The number of carbonyl (C=O) groups is 1. The van der Waals surface area contributed by atoms with E-state index in [9.17, 15) is 18.7 Å². The molecular formula is C24H26F2N4O3. The molecule has 0 unspecified atom stereocenters. The van der Waals surface area contributed by atoms with Gasteiger partial charge >= 0.3 is 0 Å². The monoisotopic (exact) mass is 456 g/mol. The standard InChI is InChI=1S/C24H26F2N4O3/c25-18-5-6-19(20(26)11-18)22-12-21(29-33-22)24(32)28-13-15-7-9-30(10-8-15)14-16-1-3-17(4-2-16)23(27)31/h1-6,11-12,15,23,31H,7-10,13-14,27H2,(H,28,32)/t23-/m1/s1. The molecule has 1 saturated heterocycles. The molecule has 2 heterocycles. The van der Waals surface area contributed by atoms with Gasteiger partial charge in [0.15, 0.2) is 11.5 Å². The van der Waals surface area contributed by atoms with Crippen LogP contribution in [0.25, 0.3) is 11.3 Å². The van der Waals surface area contributed by atoms with Gasteiger partial charge in [-0.2, -0.15) is 0 Å². The number of benzene rings is 2. The minimum atomic E-state index is -0.960. The number of nitrogens with one attached hydrogen (secondary N) is 1. The summed E-state index contributed by atoms with van der Waals surface area (Å²) in [6.45, 7) is 3.17. The van der Waals surface area contributed by atoms with E-state index >= 15 is 0 Å². The highest BCUT2D eigenvalue weighted by atomic mass is 19.1. The highest BCUT2D eigenvalue weighted by Gasteiger charge is 2.21. The van der Waals surface area contributed by atoms with Crippen LogP contribution in [0, 0.1) is 17.6 Å². The first kappa shape index (κ1) is 23.0. The normalized spacial score (nSPS) is 16.0. The molecule has 4 rings (SSSR count). The van der Waals surface area contributed by atoms with Crippen LogP contribution in [0.4, 0.5) is 8.78 Å². The van der Waals surface area contributed by atoms with Crippen molar-refractivity contribution in [3.63, 3.8) is 0 Å². The van der Waals surface area contributed by atoms with Crippen LogP contribution in [0.3, 0.4) is 0 Å². The Morgan fingerprint density at radius 2 is 1.91 bits per heavy atom. The maximum absolute atomic E-state index is 13.9. The zero-order valence-corrected chi connectivity index (χ0v) is 18.0. The fraction of sp³-hybridized carbons (Fsp3) is 0.333. The zero-order chi connectivity index (χ0) is 23.4. The van der Waals surface area contributed by atoms with Crippen LogP contribution in [-0.4, -0.2) is 40.7 Å². The second kappa shape index (κ2) is 10.2. The lowest BCUT2D eigenvalue weighted by Crippen LogP contribution is -2.38. The summed E-state index contributed by atoms with van der Waals surface area (Å²) >= 11 is 0. The van der Waals surface area contributed by atoms with E-state index in [0.29, 0.717) is 18.0 Å². The summed E-state index contributed by atoms with van der Waals surface area (Å²) in [6, 6.07) is 12.1. The smallest absolute Gasteiger partial charge is 0.273 e. The number of amides is 1. The topological polar surface area (TPSA) is 105 Å². The number of nitrogens with zero attached hydrogens (tertiary/aromatic N) is 2. The van der Waals surface area contributed by atoms with Crippen LogP contribution < -0.4 is 11.1 Å². The van der Waals surface area contributed by atoms with Crippen molar-refractivity contribution in [3.8, 4) is 11.3 Å². The molecule has 4 N–H and O–H groups in total. The van der Waals surface area contributed by atoms with Crippen LogP contribution in [0.2, 0.25) is 0 Å². The summed E-state index contributed by atoms with van der Waals surface area (Å²) in [5.41, 5.74) is 7.41. The molecule has 9 heteroatoms. The van der Waals surface area contributed by atoms with E-state index in [0.717, 1.165) is 50.2 Å². The number of piperidine rings is 1. The van der Waals surface area contributed by atoms with Crippen LogP contribution >= 0.6 is 0 Å². The van der Waals surface area contributed by atoms with Crippen molar-refractivity contribution in [3.05, 3.63) is 77.0 Å². The minimum Gasteiger partial charge on any atom is -0.375 e. The molecule has 7 nitrogen and oxygen atoms in total. The second-order valence-electron chi connectivity index (χ2n) is 8.32. The third-order valence-electron chi connectivity index (χ3n) is 5.93.